The number of nitrogens with one attached hydrogen (secondary N) is 1. The molecule has 4 rings (SSSR count). The Balaban J connectivity index is 1.74. The molecule has 2 aromatic heterocycles. The molecular weight excluding hydrogens is 456 g/mol. The monoisotopic (exact) mass is 474 g/mol. The van der Waals surface area contributed by atoms with Crippen molar-refractivity contribution < 1.29 is 26.8 Å². The zero-order valence-corrected chi connectivity index (χ0v) is 17.7. The molecule has 0 fully saturated rings. The van der Waals surface area contributed by atoms with Gasteiger partial charge < -0.3 is 15.5 Å². The normalized spacial score (nSPS) is 12.5. The number of alkyl halides is 3. The van der Waals surface area contributed by atoms with E-state index in [0.717, 1.165) is 10.7 Å². The SMILES string of the molecule is C[C@H](N)C(=O)NCc1cccc(-n2nc(C(F)(F)F)cc2-c2nnc(-c3ccccc3F)o2)c1. The van der Waals surface area contributed by atoms with Crippen molar-refractivity contribution in [3.8, 4) is 28.7 Å². The summed E-state index contributed by atoms with van der Waals surface area (Å²) >= 11 is 0. The van der Waals surface area contributed by atoms with Crippen LogP contribution in [0.1, 0.15) is 18.2 Å². The van der Waals surface area contributed by atoms with Gasteiger partial charge in [0.05, 0.1) is 17.3 Å². The van der Waals surface area contributed by atoms with Crippen LogP contribution >= 0.6 is 0 Å². The minimum Gasteiger partial charge on any atom is -0.414 e. The van der Waals surface area contributed by atoms with E-state index in [1.54, 1.807) is 24.3 Å². The minimum absolute atomic E-state index is 0.00947. The lowest BCUT2D eigenvalue weighted by Gasteiger charge is -2.10. The predicted octanol–water partition coefficient (Wildman–Crippen LogP) is 3.71. The molecule has 0 aliphatic carbocycles. The van der Waals surface area contributed by atoms with Gasteiger partial charge in [-0.15, -0.1) is 10.2 Å². The summed E-state index contributed by atoms with van der Waals surface area (Å²) in [5, 5.41) is 13.9. The van der Waals surface area contributed by atoms with E-state index in [4.69, 9.17) is 10.2 Å². The molecule has 1 amide bonds. The Morgan fingerprint density at radius 2 is 1.85 bits per heavy atom. The largest absolute Gasteiger partial charge is 0.435 e. The molecule has 3 N–H and O–H groups in total. The molecule has 4 aromatic rings. The average Bonchev–Trinajstić information content (AvgIpc) is 3.45. The van der Waals surface area contributed by atoms with Gasteiger partial charge in [0.2, 0.25) is 5.91 Å². The minimum atomic E-state index is -4.74. The highest BCUT2D eigenvalue weighted by Crippen LogP contribution is 2.34. The Morgan fingerprint density at radius 1 is 1.12 bits per heavy atom. The van der Waals surface area contributed by atoms with Crippen molar-refractivity contribution >= 4 is 5.91 Å². The van der Waals surface area contributed by atoms with E-state index in [9.17, 15) is 22.4 Å². The third-order valence-electron chi connectivity index (χ3n) is 4.78. The van der Waals surface area contributed by atoms with Crippen molar-refractivity contribution in [3.63, 3.8) is 0 Å². The average molecular weight is 474 g/mol. The van der Waals surface area contributed by atoms with E-state index < -0.39 is 23.7 Å². The molecule has 176 valence electrons. The number of halogens is 4. The van der Waals surface area contributed by atoms with Gasteiger partial charge in [0, 0.05) is 12.6 Å². The van der Waals surface area contributed by atoms with Crippen LogP contribution in [-0.2, 0) is 17.5 Å². The lowest BCUT2D eigenvalue weighted by atomic mass is 10.2. The summed E-state index contributed by atoms with van der Waals surface area (Å²) in [4.78, 5) is 11.7. The molecule has 2 heterocycles. The molecule has 8 nitrogen and oxygen atoms in total. The number of aromatic nitrogens is 4. The fourth-order valence-electron chi connectivity index (χ4n) is 3.09. The highest BCUT2D eigenvalue weighted by atomic mass is 19.4. The fraction of sp³-hybridized carbons (Fsp3) is 0.182. The van der Waals surface area contributed by atoms with Gasteiger partial charge in [0.25, 0.3) is 11.8 Å². The standard InChI is InChI=1S/C22H18F4N6O2/c1-12(27)19(33)28-11-13-5-4-6-14(9-13)32-17(10-18(31-32)22(24,25)26)21-30-29-20(34-21)15-7-2-3-8-16(15)23/h2-10,12H,11,27H2,1H3,(H,28,33)/t12-/m0/s1. The van der Waals surface area contributed by atoms with Crippen LogP contribution in [0.2, 0.25) is 0 Å². The Kier molecular flexibility index (Phi) is 6.16. The van der Waals surface area contributed by atoms with E-state index in [1.165, 1.54) is 31.2 Å². The van der Waals surface area contributed by atoms with E-state index in [2.05, 4.69) is 20.6 Å². The predicted molar refractivity (Wildman–Crippen MR) is 113 cm³/mol. The van der Waals surface area contributed by atoms with Gasteiger partial charge in [-0.1, -0.05) is 24.3 Å². The Bertz CT molecular complexity index is 1330. The van der Waals surface area contributed by atoms with Crippen LogP contribution < -0.4 is 11.1 Å². The molecule has 0 saturated carbocycles. The highest BCUT2D eigenvalue weighted by molar-refractivity contribution is 5.80. The molecule has 2 aromatic carbocycles. The number of carbonyl (C=O) groups is 1. The third-order valence-corrected chi connectivity index (χ3v) is 4.78. The molecule has 0 aliphatic rings. The van der Waals surface area contributed by atoms with Crippen molar-refractivity contribution in [1.82, 2.24) is 25.3 Å². The molecule has 0 saturated heterocycles. The maximum atomic E-state index is 14.1. The fourth-order valence-corrected chi connectivity index (χ4v) is 3.09. The number of rotatable bonds is 6. The number of hydrogen-bond donors (Lipinski definition) is 2. The second-order valence-electron chi connectivity index (χ2n) is 7.39. The highest BCUT2D eigenvalue weighted by Gasteiger charge is 2.36. The molecule has 0 aliphatic heterocycles. The lowest BCUT2D eigenvalue weighted by molar-refractivity contribution is -0.141. The van der Waals surface area contributed by atoms with Gasteiger partial charge in [0.15, 0.2) is 5.69 Å². The molecular formula is C22H18F4N6O2. The number of benzene rings is 2. The van der Waals surface area contributed by atoms with Crippen molar-refractivity contribution in [3.05, 3.63) is 71.7 Å². The molecule has 34 heavy (non-hydrogen) atoms. The maximum Gasteiger partial charge on any atom is 0.435 e. The quantitative estimate of drug-likeness (QED) is 0.412. The molecule has 0 unspecified atom stereocenters. The van der Waals surface area contributed by atoms with Gasteiger partial charge in [-0.3, -0.25) is 4.79 Å². The van der Waals surface area contributed by atoms with Crippen molar-refractivity contribution in [2.24, 2.45) is 5.73 Å². The smallest absolute Gasteiger partial charge is 0.414 e. The number of nitrogens with two attached hydrogens (primary N) is 1. The van der Waals surface area contributed by atoms with E-state index in [-0.39, 0.29) is 41.2 Å². The third kappa shape index (κ3) is 4.81. The first-order valence-electron chi connectivity index (χ1n) is 10.0. The molecule has 0 spiro atoms. The lowest BCUT2D eigenvalue weighted by Crippen LogP contribution is -2.37. The summed E-state index contributed by atoms with van der Waals surface area (Å²) < 4.78 is 60.9. The molecule has 0 bridgehead atoms. The van der Waals surface area contributed by atoms with Gasteiger partial charge in [0.1, 0.15) is 11.5 Å². The maximum absolute atomic E-state index is 14.1. The van der Waals surface area contributed by atoms with Crippen molar-refractivity contribution in [1.29, 1.82) is 0 Å². The number of carbonyl (C=O) groups excluding carboxylic acids is 1. The second kappa shape index (κ2) is 9.06. The Labute approximate surface area is 190 Å². The van der Waals surface area contributed by atoms with Gasteiger partial charge >= 0.3 is 6.18 Å². The summed E-state index contributed by atoms with van der Waals surface area (Å²) in [7, 11) is 0. The first-order valence-corrected chi connectivity index (χ1v) is 10.0. The summed E-state index contributed by atoms with van der Waals surface area (Å²) in [6.07, 6.45) is -4.74. The van der Waals surface area contributed by atoms with Crippen LogP contribution in [-0.4, -0.2) is 31.9 Å². The van der Waals surface area contributed by atoms with Crippen LogP contribution in [0, 0.1) is 5.82 Å². The summed E-state index contributed by atoms with van der Waals surface area (Å²) in [6, 6.07) is 12.1. The van der Waals surface area contributed by atoms with E-state index in [1.807, 2.05) is 0 Å². The van der Waals surface area contributed by atoms with Crippen molar-refractivity contribution in [2.45, 2.75) is 25.7 Å². The Morgan fingerprint density at radius 3 is 2.56 bits per heavy atom. The van der Waals surface area contributed by atoms with Crippen LogP contribution in [0.25, 0.3) is 28.7 Å². The first-order chi connectivity index (χ1) is 16.1. The van der Waals surface area contributed by atoms with Gasteiger partial charge in [-0.05, 0) is 36.8 Å². The zero-order chi connectivity index (χ0) is 24.5. The van der Waals surface area contributed by atoms with Crippen LogP contribution in [0.5, 0.6) is 0 Å². The summed E-state index contributed by atoms with van der Waals surface area (Å²) in [6.45, 7) is 1.63. The van der Waals surface area contributed by atoms with Crippen LogP contribution in [0.15, 0.2) is 59.0 Å². The first kappa shape index (κ1) is 23.1. The number of nitrogens with zero attached hydrogens (tertiary/aromatic N) is 4. The molecule has 0 radical (unpaired) electrons. The van der Waals surface area contributed by atoms with E-state index in [0.29, 0.717) is 5.56 Å². The van der Waals surface area contributed by atoms with Gasteiger partial charge in [-0.2, -0.15) is 18.3 Å². The topological polar surface area (TPSA) is 112 Å². The Hall–Kier alpha value is -4.06. The van der Waals surface area contributed by atoms with Crippen LogP contribution in [0.3, 0.4) is 0 Å². The number of amides is 1. The van der Waals surface area contributed by atoms with Crippen LogP contribution in [0.4, 0.5) is 17.6 Å². The van der Waals surface area contributed by atoms with Crippen molar-refractivity contribution in [2.75, 3.05) is 0 Å². The molecule has 1 atom stereocenters. The zero-order valence-electron chi connectivity index (χ0n) is 17.7. The molecule has 12 heteroatoms. The van der Waals surface area contributed by atoms with Gasteiger partial charge in [-0.25, -0.2) is 9.07 Å². The van der Waals surface area contributed by atoms with E-state index >= 15 is 0 Å². The number of hydrogen-bond acceptors (Lipinski definition) is 6. The summed E-state index contributed by atoms with van der Waals surface area (Å²) in [5.41, 5.74) is 5.07. The second-order valence-corrected chi connectivity index (χ2v) is 7.39. The summed E-state index contributed by atoms with van der Waals surface area (Å²) in [5.74, 6) is -1.47.